The second-order valence-electron chi connectivity index (χ2n) is 7.44. The van der Waals surface area contributed by atoms with Gasteiger partial charge in [0, 0.05) is 17.1 Å². The number of hydrogen-bond acceptors (Lipinski definition) is 4. The SMILES string of the molecule is C=C(C)C(=O)OCC(COC(=O)C(=C)C)C1CCC(CCCC)CC1. The summed E-state index contributed by atoms with van der Waals surface area (Å²) >= 11 is 0. The van der Waals surface area contributed by atoms with Crippen LogP contribution in [0.4, 0.5) is 0 Å². The van der Waals surface area contributed by atoms with Gasteiger partial charge in [0.2, 0.25) is 0 Å². The molecular formula is C21H34O4. The third kappa shape index (κ3) is 7.89. The molecule has 0 aromatic rings. The molecular weight excluding hydrogens is 316 g/mol. The average Bonchev–Trinajstić information content (AvgIpc) is 2.59. The van der Waals surface area contributed by atoms with Gasteiger partial charge in [0.1, 0.15) is 0 Å². The van der Waals surface area contributed by atoms with E-state index in [0.29, 0.717) is 17.1 Å². The molecule has 4 nitrogen and oxygen atoms in total. The van der Waals surface area contributed by atoms with Gasteiger partial charge < -0.3 is 9.47 Å². The van der Waals surface area contributed by atoms with E-state index in [1.165, 1.54) is 32.1 Å². The van der Waals surface area contributed by atoms with E-state index in [2.05, 4.69) is 20.1 Å². The molecule has 0 aromatic heterocycles. The average molecular weight is 350 g/mol. The highest BCUT2D eigenvalue weighted by atomic mass is 16.5. The lowest BCUT2D eigenvalue weighted by Crippen LogP contribution is -2.30. The van der Waals surface area contributed by atoms with Gasteiger partial charge in [0.25, 0.3) is 0 Å². The molecule has 1 fully saturated rings. The van der Waals surface area contributed by atoms with E-state index in [4.69, 9.17) is 9.47 Å². The molecule has 25 heavy (non-hydrogen) atoms. The number of carbonyl (C=O) groups is 2. The first-order valence-corrected chi connectivity index (χ1v) is 9.50. The first-order chi connectivity index (χ1) is 11.8. The normalized spacial score (nSPS) is 20.2. The molecule has 0 atom stereocenters. The van der Waals surface area contributed by atoms with E-state index >= 15 is 0 Å². The van der Waals surface area contributed by atoms with Crippen LogP contribution in [0.25, 0.3) is 0 Å². The lowest BCUT2D eigenvalue weighted by Gasteiger charge is -2.33. The Balaban J connectivity index is 2.57. The third-order valence-electron chi connectivity index (χ3n) is 5.08. The van der Waals surface area contributed by atoms with Gasteiger partial charge >= 0.3 is 11.9 Å². The Hall–Kier alpha value is -1.58. The van der Waals surface area contributed by atoms with E-state index in [0.717, 1.165) is 18.8 Å². The summed E-state index contributed by atoms with van der Waals surface area (Å²) in [6.45, 7) is 13.3. The van der Waals surface area contributed by atoms with Crippen LogP contribution in [-0.4, -0.2) is 25.2 Å². The second-order valence-corrected chi connectivity index (χ2v) is 7.44. The van der Waals surface area contributed by atoms with Crippen molar-refractivity contribution < 1.29 is 19.1 Å². The molecule has 0 unspecified atom stereocenters. The van der Waals surface area contributed by atoms with Crippen molar-refractivity contribution in [1.29, 1.82) is 0 Å². The minimum Gasteiger partial charge on any atom is -0.462 e. The van der Waals surface area contributed by atoms with Crippen molar-refractivity contribution >= 4 is 11.9 Å². The molecule has 1 aliphatic rings. The predicted octanol–water partition coefficient (Wildman–Crippen LogP) is 4.84. The fourth-order valence-corrected chi connectivity index (χ4v) is 3.37. The quantitative estimate of drug-likeness (QED) is 0.418. The summed E-state index contributed by atoms with van der Waals surface area (Å²) in [5.74, 6) is 0.515. The maximum Gasteiger partial charge on any atom is 0.333 e. The topological polar surface area (TPSA) is 52.6 Å². The fourth-order valence-electron chi connectivity index (χ4n) is 3.37. The molecule has 0 aliphatic heterocycles. The highest BCUT2D eigenvalue weighted by molar-refractivity contribution is 5.87. The second kappa shape index (κ2) is 11.1. The van der Waals surface area contributed by atoms with Gasteiger partial charge in [-0.15, -0.1) is 0 Å². The van der Waals surface area contributed by atoms with E-state index in [-0.39, 0.29) is 31.1 Å². The largest absolute Gasteiger partial charge is 0.462 e. The summed E-state index contributed by atoms with van der Waals surface area (Å²) in [7, 11) is 0. The Bertz CT molecular complexity index is 442. The molecule has 0 spiro atoms. The van der Waals surface area contributed by atoms with E-state index < -0.39 is 0 Å². The molecule has 0 bridgehead atoms. The Morgan fingerprint density at radius 2 is 1.44 bits per heavy atom. The molecule has 1 rings (SSSR count). The number of hydrogen-bond donors (Lipinski definition) is 0. The van der Waals surface area contributed by atoms with Crippen molar-refractivity contribution in [2.75, 3.05) is 13.2 Å². The van der Waals surface area contributed by atoms with Crippen molar-refractivity contribution in [3.8, 4) is 0 Å². The van der Waals surface area contributed by atoms with Crippen LogP contribution in [0, 0.1) is 17.8 Å². The molecule has 1 saturated carbocycles. The van der Waals surface area contributed by atoms with Crippen LogP contribution in [0.15, 0.2) is 24.3 Å². The van der Waals surface area contributed by atoms with Gasteiger partial charge in [0.15, 0.2) is 0 Å². The van der Waals surface area contributed by atoms with Crippen LogP contribution in [0.3, 0.4) is 0 Å². The van der Waals surface area contributed by atoms with Crippen molar-refractivity contribution in [3.05, 3.63) is 24.3 Å². The smallest absolute Gasteiger partial charge is 0.333 e. The number of esters is 2. The third-order valence-corrected chi connectivity index (χ3v) is 5.08. The Kier molecular flexibility index (Phi) is 9.54. The van der Waals surface area contributed by atoms with Crippen molar-refractivity contribution in [2.24, 2.45) is 17.8 Å². The zero-order valence-corrected chi connectivity index (χ0v) is 16.1. The van der Waals surface area contributed by atoms with Crippen molar-refractivity contribution in [3.63, 3.8) is 0 Å². The summed E-state index contributed by atoms with van der Waals surface area (Å²) in [4.78, 5) is 23.4. The van der Waals surface area contributed by atoms with Crippen molar-refractivity contribution in [2.45, 2.75) is 65.7 Å². The van der Waals surface area contributed by atoms with Crippen LogP contribution in [0.5, 0.6) is 0 Å². The van der Waals surface area contributed by atoms with Gasteiger partial charge in [0.05, 0.1) is 13.2 Å². The van der Waals surface area contributed by atoms with Crippen LogP contribution in [-0.2, 0) is 19.1 Å². The van der Waals surface area contributed by atoms with Crippen LogP contribution >= 0.6 is 0 Å². The Labute approximate surface area is 152 Å². The molecule has 0 saturated heterocycles. The Morgan fingerprint density at radius 1 is 0.960 bits per heavy atom. The number of carbonyl (C=O) groups excluding carboxylic acids is 2. The maximum absolute atomic E-state index is 11.7. The first kappa shape index (κ1) is 21.5. The summed E-state index contributed by atoms with van der Waals surface area (Å²) in [5, 5.41) is 0. The van der Waals surface area contributed by atoms with E-state index in [9.17, 15) is 9.59 Å². The monoisotopic (exact) mass is 350 g/mol. The van der Waals surface area contributed by atoms with Crippen LogP contribution in [0.1, 0.15) is 65.7 Å². The number of ether oxygens (including phenoxy) is 2. The first-order valence-electron chi connectivity index (χ1n) is 9.50. The fraction of sp³-hybridized carbons (Fsp3) is 0.714. The van der Waals surface area contributed by atoms with Crippen LogP contribution < -0.4 is 0 Å². The zero-order valence-electron chi connectivity index (χ0n) is 16.1. The summed E-state index contributed by atoms with van der Waals surface area (Å²) in [6, 6.07) is 0. The predicted molar refractivity (Wildman–Crippen MR) is 100 cm³/mol. The van der Waals surface area contributed by atoms with E-state index in [1.54, 1.807) is 13.8 Å². The molecule has 0 aromatic carbocycles. The molecule has 0 amide bonds. The molecule has 4 heteroatoms. The Morgan fingerprint density at radius 3 is 1.84 bits per heavy atom. The van der Waals surface area contributed by atoms with Gasteiger partial charge in [-0.2, -0.15) is 0 Å². The molecule has 1 aliphatic carbocycles. The highest BCUT2D eigenvalue weighted by Gasteiger charge is 2.29. The number of unbranched alkanes of at least 4 members (excludes halogenated alkanes) is 1. The maximum atomic E-state index is 11.7. The molecule has 0 N–H and O–H groups in total. The summed E-state index contributed by atoms with van der Waals surface area (Å²) < 4.78 is 10.7. The minimum absolute atomic E-state index is 0.0405. The highest BCUT2D eigenvalue weighted by Crippen LogP contribution is 2.36. The standard InChI is InChI=1S/C21H34O4/c1-6-7-8-17-9-11-18(12-10-17)19(13-24-20(22)15(2)3)14-25-21(23)16(4)5/h17-19H,2,4,6-14H2,1,3,5H3. The van der Waals surface area contributed by atoms with Gasteiger partial charge in [-0.05, 0) is 38.5 Å². The minimum atomic E-state index is -0.382. The van der Waals surface area contributed by atoms with E-state index in [1.807, 2.05) is 0 Å². The van der Waals surface area contributed by atoms with Gasteiger partial charge in [-0.3, -0.25) is 0 Å². The lowest BCUT2D eigenvalue weighted by molar-refractivity contribution is -0.145. The zero-order chi connectivity index (χ0) is 18.8. The van der Waals surface area contributed by atoms with Crippen LogP contribution in [0.2, 0.25) is 0 Å². The number of rotatable bonds is 10. The summed E-state index contributed by atoms with van der Waals surface area (Å²) in [6.07, 6.45) is 8.49. The van der Waals surface area contributed by atoms with Gasteiger partial charge in [-0.25, -0.2) is 9.59 Å². The summed E-state index contributed by atoms with van der Waals surface area (Å²) in [5.41, 5.74) is 0.780. The lowest BCUT2D eigenvalue weighted by atomic mass is 9.75. The molecule has 0 radical (unpaired) electrons. The molecule has 142 valence electrons. The van der Waals surface area contributed by atoms with Crippen molar-refractivity contribution in [1.82, 2.24) is 0 Å². The van der Waals surface area contributed by atoms with Gasteiger partial charge in [-0.1, -0.05) is 52.2 Å². The molecule has 0 heterocycles.